The van der Waals surface area contributed by atoms with Gasteiger partial charge in [0.2, 0.25) is 5.88 Å². The molecule has 2 rings (SSSR count). The molecule has 20 heavy (non-hydrogen) atoms. The van der Waals surface area contributed by atoms with E-state index in [1.807, 2.05) is 45.2 Å². The maximum Gasteiger partial charge on any atom is 0.224 e. The van der Waals surface area contributed by atoms with E-state index in [1.165, 1.54) is 0 Å². The highest BCUT2D eigenvalue weighted by Crippen LogP contribution is 2.31. The lowest BCUT2D eigenvalue weighted by molar-refractivity contribution is 0.319. The summed E-state index contributed by atoms with van der Waals surface area (Å²) in [5.74, 6) is 3.34. The molecule has 0 saturated heterocycles. The Morgan fingerprint density at radius 2 is 1.85 bits per heavy atom. The quantitative estimate of drug-likeness (QED) is 0.875. The number of aromatic nitrogens is 2. The zero-order valence-corrected chi connectivity index (χ0v) is 12.0. The number of nitrogens with zero attached hydrogens (tertiary/aromatic N) is 2. The van der Waals surface area contributed by atoms with Gasteiger partial charge in [0.1, 0.15) is 11.6 Å². The van der Waals surface area contributed by atoms with Crippen molar-refractivity contribution in [3.63, 3.8) is 0 Å². The van der Waals surface area contributed by atoms with Crippen LogP contribution in [0.3, 0.4) is 0 Å². The largest absolute Gasteiger partial charge is 0.490 e. The number of ether oxygens (including phenoxy) is 2. The van der Waals surface area contributed by atoms with Crippen LogP contribution < -0.4 is 14.8 Å². The summed E-state index contributed by atoms with van der Waals surface area (Å²) in [6.07, 6.45) is 0.749. The average molecular weight is 273 g/mol. The monoisotopic (exact) mass is 273 g/mol. The average Bonchev–Trinajstić information content (AvgIpc) is 2.49. The molecule has 0 spiro atoms. The van der Waals surface area contributed by atoms with Crippen molar-refractivity contribution in [2.45, 2.75) is 20.3 Å². The summed E-state index contributed by atoms with van der Waals surface area (Å²) < 4.78 is 11.4. The first-order chi connectivity index (χ1) is 9.76. The summed E-state index contributed by atoms with van der Waals surface area (Å²) in [5, 5.41) is 3.01. The number of aryl methyl sites for hydroxylation is 1. The molecule has 0 aliphatic heterocycles. The van der Waals surface area contributed by atoms with E-state index in [2.05, 4.69) is 15.3 Å². The van der Waals surface area contributed by atoms with Crippen molar-refractivity contribution in [3.05, 3.63) is 36.2 Å². The fourth-order valence-corrected chi connectivity index (χ4v) is 1.73. The number of benzene rings is 1. The molecule has 1 aromatic heterocycles. The molecule has 0 bridgehead atoms. The SMILES string of the molecule is CCOc1ccccc1Oc1cc(NC)nc(CC)n1. The van der Waals surface area contributed by atoms with Gasteiger partial charge in [0.15, 0.2) is 11.5 Å². The number of rotatable bonds is 6. The van der Waals surface area contributed by atoms with Gasteiger partial charge in [-0.3, -0.25) is 0 Å². The van der Waals surface area contributed by atoms with Gasteiger partial charge in [0, 0.05) is 19.5 Å². The van der Waals surface area contributed by atoms with Crippen LogP contribution >= 0.6 is 0 Å². The van der Waals surface area contributed by atoms with Gasteiger partial charge in [-0.2, -0.15) is 4.98 Å². The molecule has 2 aromatic rings. The molecular formula is C15H19N3O2. The predicted molar refractivity (Wildman–Crippen MR) is 78.6 cm³/mol. The molecule has 0 radical (unpaired) electrons. The lowest BCUT2D eigenvalue weighted by Crippen LogP contribution is -2.02. The maximum absolute atomic E-state index is 5.83. The highest BCUT2D eigenvalue weighted by molar-refractivity contribution is 5.44. The third-order valence-electron chi connectivity index (χ3n) is 2.68. The van der Waals surface area contributed by atoms with Gasteiger partial charge >= 0.3 is 0 Å². The molecule has 0 amide bonds. The predicted octanol–water partition coefficient (Wildman–Crippen LogP) is 3.27. The Labute approximate surface area is 119 Å². The minimum absolute atomic E-state index is 0.508. The zero-order chi connectivity index (χ0) is 14.4. The van der Waals surface area contributed by atoms with Gasteiger partial charge in [0.25, 0.3) is 0 Å². The van der Waals surface area contributed by atoms with E-state index in [-0.39, 0.29) is 0 Å². The summed E-state index contributed by atoms with van der Waals surface area (Å²) in [5.41, 5.74) is 0. The molecule has 106 valence electrons. The number of hydrogen-bond acceptors (Lipinski definition) is 5. The van der Waals surface area contributed by atoms with Crippen molar-refractivity contribution < 1.29 is 9.47 Å². The maximum atomic E-state index is 5.83. The van der Waals surface area contributed by atoms with Crippen LogP contribution in [-0.4, -0.2) is 23.6 Å². The summed E-state index contributed by atoms with van der Waals surface area (Å²) in [6.45, 7) is 4.54. The van der Waals surface area contributed by atoms with Crippen LogP contribution in [0.15, 0.2) is 30.3 Å². The van der Waals surface area contributed by atoms with E-state index < -0.39 is 0 Å². The first kappa shape index (κ1) is 14.1. The van der Waals surface area contributed by atoms with Gasteiger partial charge in [-0.25, -0.2) is 4.98 Å². The second kappa shape index (κ2) is 6.75. The highest BCUT2D eigenvalue weighted by atomic mass is 16.5. The van der Waals surface area contributed by atoms with Crippen LogP contribution in [0.2, 0.25) is 0 Å². The van der Waals surface area contributed by atoms with E-state index in [9.17, 15) is 0 Å². The normalized spacial score (nSPS) is 10.2. The molecule has 0 saturated carbocycles. The molecule has 5 heteroatoms. The molecule has 0 aliphatic rings. The van der Waals surface area contributed by atoms with Crippen molar-refractivity contribution in [1.82, 2.24) is 9.97 Å². The fraction of sp³-hybridized carbons (Fsp3) is 0.333. The third kappa shape index (κ3) is 3.38. The van der Waals surface area contributed by atoms with Crippen LogP contribution in [0.5, 0.6) is 17.4 Å². The Bertz CT molecular complexity index is 551. The van der Waals surface area contributed by atoms with E-state index in [0.29, 0.717) is 24.0 Å². The van der Waals surface area contributed by atoms with Crippen LogP contribution in [0, 0.1) is 0 Å². The summed E-state index contributed by atoms with van der Waals surface area (Å²) >= 11 is 0. The number of para-hydroxylation sites is 2. The van der Waals surface area contributed by atoms with E-state index in [1.54, 1.807) is 6.07 Å². The molecular weight excluding hydrogens is 254 g/mol. The molecule has 1 aromatic carbocycles. The Morgan fingerprint density at radius 1 is 1.10 bits per heavy atom. The lowest BCUT2D eigenvalue weighted by atomic mass is 10.3. The second-order valence-corrected chi connectivity index (χ2v) is 4.09. The summed E-state index contributed by atoms with van der Waals surface area (Å²) in [4.78, 5) is 8.70. The molecule has 5 nitrogen and oxygen atoms in total. The van der Waals surface area contributed by atoms with Crippen molar-refractivity contribution in [2.24, 2.45) is 0 Å². The minimum atomic E-state index is 0.508. The standard InChI is InChI=1S/C15H19N3O2/c1-4-13-17-14(16-3)10-15(18-13)20-12-9-7-6-8-11(12)19-5-2/h6-10H,4-5H2,1-3H3,(H,16,17,18). The number of nitrogens with one attached hydrogen (secondary N) is 1. The van der Waals surface area contributed by atoms with Crippen LogP contribution in [0.25, 0.3) is 0 Å². The Kier molecular flexibility index (Phi) is 4.76. The first-order valence-electron chi connectivity index (χ1n) is 6.72. The van der Waals surface area contributed by atoms with Crippen molar-refractivity contribution in [3.8, 4) is 17.4 Å². The highest BCUT2D eigenvalue weighted by Gasteiger charge is 2.08. The van der Waals surface area contributed by atoms with Crippen LogP contribution in [-0.2, 0) is 6.42 Å². The van der Waals surface area contributed by atoms with Crippen LogP contribution in [0.1, 0.15) is 19.7 Å². The summed E-state index contributed by atoms with van der Waals surface area (Å²) in [7, 11) is 1.82. The van der Waals surface area contributed by atoms with Crippen LogP contribution in [0.4, 0.5) is 5.82 Å². The number of anilines is 1. The van der Waals surface area contributed by atoms with Gasteiger partial charge in [-0.15, -0.1) is 0 Å². The third-order valence-corrected chi connectivity index (χ3v) is 2.68. The van der Waals surface area contributed by atoms with Crippen molar-refractivity contribution in [2.75, 3.05) is 19.0 Å². The Balaban J connectivity index is 2.29. The Hall–Kier alpha value is -2.30. The van der Waals surface area contributed by atoms with Gasteiger partial charge < -0.3 is 14.8 Å². The molecule has 0 unspecified atom stereocenters. The van der Waals surface area contributed by atoms with E-state index in [4.69, 9.17) is 9.47 Å². The van der Waals surface area contributed by atoms with Crippen molar-refractivity contribution in [1.29, 1.82) is 0 Å². The van der Waals surface area contributed by atoms with E-state index >= 15 is 0 Å². The molecule has 1 heterocycles. The topological polar surface area (TPSA) is 56.3 Å². The number of hydrogen-bond donors (Lipinski definition) is 1. The first-order valence-corrected chi connectivity index (χ1v) is 6.72. The van der Waals surface area contributed by atoms with Gasteiger partial charge in [0.05, 0.1) is 6.61 Å². The molecule has 0 aliphatic carbocycles. The lowest BCUT2D eigenvalue weighted by Gasteiger charge is -2.12. The molecule has 0 fully saturated rings. The molecule has 0 atom stereocenters. The summed E-state index contributed by atoms with van der Waals surface area (Å²) in [6, 6.07) is 9.31. The van der Waals surface area contributed by atoms with Crippen molar-refractivity contribution >= 4 is 5.82 Å². The minimum Gasteiger partial charge on any atom is -0.490 e. The van der Waals surface area contributed by atoms with Gasteiger partial charge in [-0.1, -0.05) is 19.1 Å². The fourth-order valence-electron chi connectivity index (χ4n) is 1.73. The van der Waals surface area contributed by atoms with Gasteiger partial charge in [-0.05, 0) is 19.1 Å². The smallest absolute Gasteiger partial charge is 0.224 e. The molecule has 1 N–H and O–H groups in total. The second-order valence-electron chi connectivity index (χ2n) is 4.09. The van der Waals surface area contributed by atoms with E-state index in [0.717, 1.165) is 18.1 Å². The zero-order valence-electron chi connectivity index (χ0n) is 12.0. The Morgan fingerprint density at radius 3 is 2.50 bits per heavy atom.